The summed E-state index contributed by atoms with van der Waals surface area (Å²) in [6, 6.07) is 9.74. The van der Waals surface area contributed by atoms with Crippen LogP contribution in [0.25, 0.3) is 12.2 Å². The lowest BCUT2D eigenvalue weighted by atomic mass is 9.97. The number of sulfonamides is 1. The van der Waals surface area contributed by atoms with Gasteiger partial charge in [-0.25, -0.2) is 17.8 Å². The molecule has 1 N–H and O–H groups in total. The number of benzene rings is 1. The van der Waals surface area contributed by atoms with E-state index in [1.165, 1.54) is 22.5 Å². The van der Waals surface area contributed by atoms with Crippen molar-refractivity contribution in [2.45, 2.75) is 31.6 Å². The molecule has 2 aromatic heterocycles. The van der Waals surface area contributed by atoms with Crippen molar-refractivity contribution in [1.82, 2.24) is 14.4 Å². The topological polar surface area (TPSA) is 105 Å². The van der Waals surface area contributed by atoms with Crippen molar-refractivity contribution in [3.8, 4) is 0 Å². The highest BCUT2D eigenvalue weighted by Gasteiger charge is 2.36. The Bertz CT molecular complexity index is 1310. The molecule has 34 heavy (non-hydrogen) atoms. The summed E-state index contributed by atoms with van der Waals surface area (Å²) in [6.45, 7) is 3.82. The van der Waals surface area contributed by atoms with E-state index in [2.05, 4.69) is 15.5 Å². The number of aromatic nitrogens is 2. The van der Waals surface area contributed by atoms with E-state index in [9.17, 15) is 17.6 Å². The molecule has 178 valence electrons. The minimum Gasteiger partial charge on any atom is -0.355 e. The molecule has 1 aromatic carbocycles. The molecule has 1 amide bonds. The quantitative estimate of drug-likeness (QED) is 0.566. The smallest absolute Gasteiger partial charge is 0.248 e. The monoisotopic (exact) mass is 484 g/mol. The van der Waals surface area contributed by atoms with Crippen molar-refractivity contribution >= 4 is 33.9 Å². The van der Waals surface area contributed by atoms with Gasteiger partial charge in [-0.05, 0) is 56.5 Å². The molecule has 1 fully saturated rings. The van der Waals surface area contributed by atoms with Gasteiger partial charge in [-0.2, -0.15) is 4.31 Å². The van der Waals surface area contributed by atoms with Crippen molar-refractivity contribution < 1.29 is 22.1 Å². The average molecular weight is 485 g/mol. The summed E-state index contributed by atoms with van der Waals surface area (Å²) in [5.74, 6) is -0.426. The number of pyridine rings is 1. The standard InChI is InChI=1S/C24H25FN4O4S/c1-16-7-10-22(26-15-16)27-24(30)19-11-13-29(14-12-19)34(31,32)23-17(2)28-33-21(23)9-8-18-5-3-4-6-20(18)25/h3-10,15,19H,11-14H2,1-2H3,(H,26,27,30)/b9-8+. The molecule has 0 saturated carbocycles. The highest BCUT2D eigenvalue weighted by atomic mass is 32.2. The molecule has 0 aliphatic carbocycles. The number of halogens is 1. The highest BCUT2D eigenvalue weighted by molar-refractivity contribution is 7.89. The maximum absolute atomic E-state index is 13.9. The van der Waals surface area contributed by atoms with Gasteiger partial charge in [0.05, 0.1) is 0 Å². The van der Waals surface area contributed by atoms with E-state index in [0.717, 1.165) is 5.56 Å². The van der Waals surface area contributed by atoms with Crippen molar-refractivity contribution in [2.75, 3.05) is 18.4 Å². The van der Waals surface area contributed by atoms with Crippen molar-refractivity contribution in [2.24, 2.45) is 5.92 Å². The van der Waals surface area contributed by atoms with Crippen LogP contribution in [-0.2, 0) is 14.8 Å². The van der Waals surface area contributed by atoms with Gasteiger partial charge in [-0.15, -0.1) is 0 Å². The summed E-state index contributed by atoms with van der Waals surface area (Å²) >= 11 is 0. The van der Waals surface area contributed by atoms with Crippen LogP contribution in [0.2, 0.25) is 0 Å². The van der Waals surface area contributed by atoms with Crippen molar-refractivity contribution in [1.29, 1.82) is 0 Å². The van der Waals surface area contributed by atoms with Crippen molar-refractivity contribution in [3.63, 3.8) is 0 Å². The molecular formula is C24H25FN4O4S. The van der Waals surface area contributed by atoms with Crippen LogP contribution in [0.3, 0.4) is 0 Å². The predicted octanol–water partition coefficient (Wildman–Crippen LogP) is 4.04. The van der Waals surface area contributed by atoms with Gasteiger partial charge in [0.25, 0.3) is 0 Å². The van der Waals surface area contributed by atoms with Gasteiger partial charge in [-0.3, -0.25) is 4.79 Å². The Balaban J connectivity index is 1.45. The van der Waals surface area contributed by atoms with Gasteiger partial charge in [0, 0.05) is 30.8 Å². The molecule has 1 saturated heterocycles. The van der Waals surface area contributed by atoms with E-state index in [1.807, 2.05) is 13.0 Å². The summed E-state index contributed by atoms with van der Waals surface area (Å²) in [5, 5.41) is 6.60. The lowest BCUT2D eigenvalue weighted by Gasteiger charge is -2.30. The van der Waals surface area contributed by atoms with Gasteiger partial charge in [0.2, 0.25) is 15.9 Å². The Kier molecular flexibility index (Phi) is 6.90. The van der Waals surface area contributed by atoms with E-state index >= 15 is 0 Å². The fourth-order valence-electron chi connectivity index (χ4n) is 3.83. The molecule has 0 bridgehead atoms. The molecule has 0 spiro atoms. The number of hydrogen-bond acceptors (Lipinski definition) is 6. The number of amides is 1. The van der Waals surface area contributed by atoms with Crippen LogP contribution in [-0.4, -0.2) is 41.9 Å². The maximum Gasteiger partial charge on any atom is 0.248 e. The SMILES string of the molecule is Cc1ccc(NC(=O)C2CCN(S(=O)(=O)c3c(C)noc3/C=C/c3ccccc3F)CC2)nc1. The van der Waals surface area contributed by atoms with Crippen LogP contribution < -0.4 is 5.32 Å². The molecule has 3 heterocycles. The third kappa shape index (κ3) is 5.07. The van der Waals surface area contributed by atoms with E-state index in [1.54, 1.807) is 37.4 Å². The van der Waals surface area contributed by atoms with Crippen LogP contribution in [0.4, 0.5) is 10.2 Å². The third-order valence-electron chi connectivity index (χ3n) is 5.74. The Morgan fingerprint density at radius 3 is 2.56 bits per heavy atom. The lowest BCUT2D eigenvalue weighted by Crippen LogP contribution is -2.41. The second-order valence-electron chi connectivity index (χ2n) is 8.20. The summed E-state index contributed by atoms with van der Waals surface area (Å²) in [6.07, 6.45) is 5.28. The third-order valence-corrected chi connectivity index (χ3v) is 7.80. The number of carbonyl (C=O) groups is 1. The van der Waals surface area contributed by atoms with E-state index in [0.29, 0.717) is 24.2 Å². The molecule has 8 nitrogen and oxygen atoms in total. The fraction of sp³-hybridized carbons (Fsp3) is 0.292. The number of nitrogens with zero attached hydrogens (tertiary/aromatic N) is 3. The predicted molar refractivity (Wildman–Crippen MR) is 126 cm³/mol. The van der Waals surface area contributed by atoms with Crippen LogP contribution in [0.5, 0.6) is 0 Å². The molecule has 1 aliphatic heterocycles. The summed E-state index contributed by atoms with van der Waals surface area (Å²) < 4.78 is 47.2. The maximum atomic E-state index is 13.9. The van der Waals surface area contributed by atoms with E-state index in [4.69, 9.17) is 4.52 Å². The molecule has 0 atom stereocenters. The van der Waals surface area contributed by atoms with Gasteiger partial charge in [0.15, 0.2) is 10.7 Å². The van der Waals surface area contributed by atoms with Gasteiger partial charge in [0.1, 0.15) is 17.3 Å². The molecule has 1 aliphatic rings. The summed E-state index contributed by atoms with van der Waals surface area (Å²) in [4.78, 5) is 16.7. The Labute approximate surface area is 197 Å². The number of piperidine rings is 1. The lowest BCUT2D eigenvalue weighted by molar-refractivity contribution is -0.120. The summed E-state index contributed by atoms with van der Waals surface area (Å²) in [7, 11) is -3.92. The first-order chi connectivity index (χ1) is 16.3. The largest absolute Gasteiger partial charge is 0.355 e. The zero-order valence-corrected chi connectivity index (χ0v) is 19.7. The Hall–Kier alpha value is -3.37. The van der Waals surface area contributed by atoms with Crippen LogP contribution in [0.1, 0.15) is 35.4 Å². The van der Waals surface area contributed by atoms with E-state index in [-0.39, 0.29) is 41.3 Å². The second kappa shape index (κ2) is 9.86. The number of anilines is 1. The molecule has 0 radical (unpaired) electrons. The first kappa shape index (κ1) is 23.8. The van der Waals surface area contributed by atoms with Gasteiger partial charge < -0.3 is 9.84 Å². The summed E-state index contributed by atoms with van der Waals surface area (Å²) in [5.41, 5.74) is 1.51. The van der Waals surface area contributed by atoms with E-state index < -0.39 is 15.8 Å². The molecule has 10 heteroatoms. The highest BCUT2D eigenvalue weighted by Crippen LogP contribution is 2.29. The molecule has 3 aromatic rings. The second-order valence-corrected chi connectivity index (χ2v) is 10.1. The van der Waals surface area contributed by atoms with Crippen LogP contribution >= 0.6 is 0 Å². The van der Waals surface area contributed by atoms with Crippen LogP contribution in [0.15, 0.2) is 52.0 Å². The first-order valence-corrected chi connectivity index (χ1v) is 12.3. The number of aryl methyl sites for hydroxylation is 2. The Morgan fingerprint density at radius 2 is 1.88 bits per heavy atom. The fourth-order valence-corrected chi connectivity index (χ4v) is 5.55. The molecular weight excluding hydrogens is 459 g/mol. The number of hydrogen-bond donors (Lipinski definition) is 1. The van der Waals surface area contributed by atoms with Crippen molar-refractivity contribution in [3.05, 3.63) is 71.0 Å². The molecule has 0 unspecified atom stereocenters. The minimum atomic E-state index is -3.92. The Morgan fingerprint density at radius 1 is 1.15 bits per heavy atom. The zero-order valence-electron chi connectivity index (χ0n) is 18.9. The number of nitrogens with one attached hydrogen (secondary N) is 1. The van der Waals surface area contributed by atoms with Gasteiger partial charge >= 0.3 is 0 Å². The zero-order chi connectivity index (χ0) is 24.3. The molecule has 4 rings (SSSR count). The first-order valence-electron chi connectivity index (χ1n) is 10.9. The van der Waals surface area contributed by atoms with Crippen LogP contribution in [0, 0.1) is 25.6 Å². The number of rotatable bonds is 6. The minimum absolute atomic E-state index is 0.0334. The average Bonchev–Trinajstić information content (AvgIpc) is 3.21. The number of carbonyl (C=O) groups excluding carboxylic acids is 1. The van der Waals surface area contributed by atoms with Gasteiger partial charge in [-0.1, -0.05) is 29.4 Å². The normalized spacial score (nSPS) is 15.6.